The fourth-order valence-electron chi connectivity index (χ4n) is 4.58. The Morgan fingerprint density at radius 2 is 1.70 bits per heavy atom. The molecular weight excluding hydrogens is 647 g/mol. The van der Waals surface area contributed by atoms with E-state index in [4.69, 9.17) is 4.74 Å². The van der Waals surface area contributed by atoms with E-state index in [-0.39, 0.29) is 29.8 Å². The third-order valence-corrected chi connectivity index (χ3v) is 9.45. The van der Waals surface area contributed by atoms with Crippen molar-refractivity contribution >= 4 is 41.2 Å². The second-order valence-electron chi connectivity index (χ2n) is 10.8. The number of ether oxygens (including phenoxy) is 1. The van der Waals surface area contributed by atoms with E-state index in [0.717, 1.165) is 54.1 Å². The van der Waals surface area contributed by atoms with E-state index in [9.17, 15) is 28.3 Å². The molecule has 1 aromatic heterocycles. The number of rotatable bonds is 20. The molecule has 47 heavy (non-hydrogen) atoms. The number of carbonyl (C=O) groups excluding carboxylic acids is 3. The maximum atomic E-state index is 14.2. The molecule has 254 valence electrons. The lowest BCUT2D eigenvalue weighted by Gasteiger charge is -2.31. The molecule has 0 spiro atoms. The third-order valence-electron chi connectivity index (χ3n) is 7.05. The van der Waals surface area contributed by atoms with Crippen molar-refractivity contribution in [3.8, 4) is 0 Å². The van der Waals surface area contributed by atoms with Gasteiger partial charge in [0, 0.05) is 43.6 Å². The number of unbranched alkanes of at least 4 members (excludes halogenated alkanes) is 1. The van der Waals surface area contributed by atoms with E-state index in [1.165, 1.54) is 31.3 Å². The summed E-state index contributed by atoms with van der Waals surface area (Å²) < 4.78 is 33.6. The summed E-state index contributed by atoms with van der Waals surface area (Å²) in [6, 6.07) is 13.2. The molecule has 13 heteroatoms. The molecule has 2 unspecified atom stereocenters. The highest BCUT2D eigenvalue weighted by Gasteiger charge is 2.36. The van der Waals surface area contributed by atoms with E-state index in [1.807, 2.05) is 37.3 Å². The molecule has 9 nitrogen and oxygen atoms in total. The summed E-state index contributed by atoms with van der Waals surface area (Å²) >= 11 is 2.63. The van der Waals surface area contributed by atoms with Crippen LogP contribution >= 0.6 is 23.5 Å². The van der Waals surface area contributed by atoms with Crippen LogP contribution in [0.5, 0.6) is 0 Å². The number of aliphatic hydroxyl groups is 1. The number of nitrogens with one attached hydrogen (secondary N) is 3. The largest absolute Gasteiger partial charge is 0.389 e. The van der Waals surface area contributed by atoms with Crippen LogP contribution in [0.3, 0.4) is 0 Å². The van der Waals surface area contributed by atoms with Gasteiger partial charge in [-0.2, -0.15) is 11.8 Å². The topological polar surface area (TPSA) is 130 Å². The predicted octanol–water partition coefficient (Wildman–Crippen LogP) is 4.14. The number of aliphatic hydroxyl groups excluding tert-OH is 1. The lowest BCUT2D eigenvalue weighted by molar-refractivity contribution is -0.126. The van der Waals surface area contributed by atoms with Gasteiger partial charge in [0.25, 0.3) is 5.91 Å². The van der Waals surface area contributed by atoms with Crippen molar-refractivity contribution in [3.05, 3.63) is 101 Å². The highest BCUT2D eigenvalue weighted by molar-refractivity contribution is 8.00. The Balaban J connectivity index is 1.89. The maximum Gasteiger partial charge on any atom is 0.253 e. The van der Waals surface area contributed by atoms with Gasteiger partial charge in [-0.05, 0) is 54.0 Å². The Bertz CT molecular complexity index is 1390. The van der Waals surface area contributed by atoms with Gasteiger partial charge in [-0.3, -0.25) is 19.4 Å². The standard InChI is InChI=1S/C34H42F2N4O5S2/c1-3-4-14-46-22-29(40-32(42)25-11-8-12-37-21-25)33(43)39-28(18-24-16-26(35)19-27(36)17-24)30(41)31(47-15-13-45-2)34(44)38-20-23-9-6-5-7-10-23/h5-12,16-17,19,21,28-31,41H,3-4,13-15,18,20,22H2,1-2H3,(H,38,44)(H,39,43)(H,40,42)/t28-,29?,30?,31+/m0/s1. The van der Waals surface area contributed by atoms with Gasteiger partial charge in [-0.25, -0.2) is 8.78 Å². The summed E-state index contributed by atoms with van der Waals surface area (Å²) in [7, 11) is 1.52. The molecule has 0 aliphatic rings. The molecule has 1 heterocycles. The van der Waals surface area contributed by atoms with Crippen molar-refractivity contribution in [2.24, 2.45) is 0 Å². The Labute approximate surface area is 283 Å². The van der Waals surface area contributed by atoms with Gasteiger partial charge >= 0.3 is 0 Å². The van der Waals surface area contributed by atoms with Gasteiger partial charge in [0.1, 0.15) is 22.9 Å². The van der Waals surface area contributed by atoms with Crippen LogP contribution in [-0.2, 0) is 27.3 Å². The molecule has 0 radical (unpaired) electrons. The zero-order chi connectivity index (χ0) is 34.0. The van der Waals surface area contributed by atoms with Gasteiger partial charge in [0.2, 0.25) is 11.8 Å². The third kappa shape index (κ3) is 13.3. The molecule has 3 amide bonds. The number of pyridine rings is 1. The first-order chi connectivity index (χ1) is 22.7. The van der Waals surface area contributed by atoms with Gasteiger partial charge in [-0.1, -0.05) is 43.7 Å². The minimum Gasteiger partial charge on any atom is -0.389 e. The van der Waals surface area contributed by atoms with E-state index in [0.29, 0.717) is 12.4 Å². The van der Waals surface area contributed by atoms with Crippen LogP contribution in [0.2, 0.25) is 0 Å². The number of benzene rings is 2. The number of aromatic nitrogens is 1. The van der Waals surface area contributed by atoms with Crippen LogP contribution in [0.15, 0.2) is 73.1 Å². The number of thioether (sulfide) groups is 2. The number of hydrogen-bond donors (Lipinski definition) is 4. The van der Waals surface area contributed by atoms with Gasteiger partial charge < -0.3 is 25.8 Å². The van der Waals surface area contributed by atoms with Gasteiger partial charge in [0.15, 0.2) is 0 Å². The Morgan fingerprint density at radius 3 is 2.36 bits per heavy atom. The molecule has 0 saturated carbocycles. The average Bonchev–Trinajstić information content (AvgIpc) is 3.06. The summed E-state index contributed by atoms with van der Waals surface area (Å²) in [6.07, 6.45) is 3.10. The molecule has 4 N–H and O–H groups in total. The molecule has 0 saturated heterocycles. The summed E-state index contributed by atoms with van der Waals surface area (Å²) in [6.45, 7) is 2.55. The summed E-state index contributed by atoms with van der Waals surface area (Å²) in [5, 5.41) is 19.1. The van der Waals surface area contributed by atoms with Crippen molar-refractivity contribution < 1.29 is 33.0 Å². The summed E-state index contributed by atoms with van der Waals surface area (Å²) in [4.78, 5) is 44.3. The smallest absolute Gasteiger partial charge is 0.253 e. The van der Waals surface area contributed by atoms with Gasteiger partial charge in [-0.15, -0.1) is 11.8 Å². The minimum atomic E-state index is -1.50. The number of hydrogen-bond acceptors (Lipinski definition) is 8. The molecule has 0 aliphatic heterocycles. The minimum absolute atomic E-state index is 0.172. The van der Waals surface area contributed by atoms with Crippen LogP contribution in [0.4, 0.5) is 8.78 Å². The molecule has 2 aromatic carbocycles. The molecule has 3 rings (SSSR count). The molecule has 3 aromatic rings. The van der Waals surface area contributed by atoms with Crippen molar-refractivity contribution in [1.29, 1.82) is 0 Å². The fraction of sp³-hybridized carbons (Fsp3) is 0.412. The maximum absolute atomic E-state index is 14.2. The SMILES string of the molecule is CCCCSCC(NC(=O)c1cccnc1)C(=O)N[C@@H](Cc1cc(F)cc(F)c1)C(O)[C@@H](SCCOC)C(=O)NCc1ccccc1. The molecule has 4 atom stereocenters. The second kappa shape index (κ2) is 20.7. The molecule has 0 aliphatic carbocycles. The number of halogens is 2. The normalized spacial score (nSPS) is 13.6. The number of amides is 3. The highest BCUT2D eigenvalue weighted by Crippen LogP contribution is 2.22. The van der Waals surface area contributed by atoms with Crippen LogP contribution in [-0.4, -0.2) is 82.2 Å². The second-order valence-corrected chi connectivity index (χ2v) is 13.2. The van der Waals surface area contributed by atoms with E-state index in [1.54, 1.807) is 12.1 Å². The van der Waals surface area contributed by atoms with Crippen molar-refractivity contribution in [3.63, 3.8) is 0 Å². The monoisotopic (exact) mass is 688 g/mol. The van der Waals surface area contributed by atoms with Crippen LogP contribution in [0.25, 0.3) is 0 Å². The quantitative estimate of drug-likeness (QED) is 0.131. The van der Waals surface area contributed by atoms with Crippen LogP contribution < -0.4 is 16.0 Å². The fourth-order valence-corrected chi connectivity index (χ4v) is 6.85. The number of nitrogens with zero attached hydrogens (tertiary/aromatic N) is 1. The molecule has 0 bridgehead atoms. The Kier molecular flexibility index (Phi) is 16.7. The number of methoxy groups -OCH3 is 1. The first-order valence-corrected chi connectivity index (χ1v) is 17.6. The Hall–Kier alpha value is -3.52. The van der Waals surface area contributed by atoms with E-state index >= 15 is 0 Å². The lowest BCUT2D eigenvalue weighted by atomic mass is 9.97. The van der Waals surface area contributed by atoms with E-state index < -0.39 is 52.8 Å². The Morgan fingerprint density at radius 1 is 0.957 bits per heavy atom. The van der Waals surface area contributed by atoms with Crippen molar-refractivity contribution in [1.82, 2.24) is 20.9 Å². The zero-order valence-corrected chi connectivity index (χ0v) is 28.1. The lowest BCUT2D eigenvalue weighted by Crippen LogP contribution is -2.57. The summed E-state index contributed by atoms with van der Waals surface area (Å²) in [5.41, 5.74) is 1.29. The van der Waals surface area contributed by atoms with Crippen LogP contribution in [0, 0.1) is 11.6 Å². The zero-order valence-electron chi connectivity index (χ0n) is 26.5. The first kappa shape index (κ1) is 37.9. The van der Waals surface area contributed by atoms with Crippen molar-refractivity contribution in [2.75, 3.05) is 31.0 Å². The van der Waals surface area contributed by atoms with Gasteiger partial charge in [0.05, 0.1) is 24.3 Å². The van der Waals surface area contributed by atoms with E-state index in [2.05, 4.69) is 20.9 Å². The average molecular weight is 689 g/mol. The van der Waals surface area contributed by atoms with Crippen LogP contribution in [0.1, 0.15) is 41.3 Å². The first-order valence-electron chi connectivity index (χ1n) is 15.4. The predicted molar refractivity (Wildman–Crippen MR) is 182 cm³/mol. The number of carbonyl (C=O) groups is 3. The molecular formula is C34H42F2N4O5S2. The highest BCUT2D eigenvalue weighted by atomic mass is 32.2. The van der Waals surface area contributed by atoms with Crippen molar-refractivity contribution in [2.45, 2.75) is 56.2 Å². The molecule has 0 fully saturated rings. The summed E-state index contributed by atoms with van der Waals surface area (Å²) in [5.74, 6) is -1.89.